The summed E-state index contributed by atoms with van der Waals surface area (Å²) in [6, 6.07) is 21.2. The minimum absolute atomic E-state index is 0.159. The van der Waals surface area contributed by atoms with Crippen LogP contribution in [-0.2, 0) is 6.54 Å². The first-order chi connectivity index (χ1) is 13.6. The second-order valence-corrected chi connectivity index (χ2v) is 6.71. The summed E-state index contributed by atoms with van der Waals surface area (Å²) in [7, 11) is 4.01. The van der Waals surface area contributed by atoms with E-state index in [4.69, 9.17) is 0 Å². The molecule has 1 aromatic heterocycles. The van der Waals surface area contributed by atoms with Crippen molar-refractivity contribution in [1.82, 2.24) is 14.9 Å². The third-order valence-electron chi connectivity index (χ3n) is 4.21. The second-order valence-electron chi connectivity index (χ2n) is 6.71. The highest BCUT2D eigenvalue weighted by molar-refractivity contribution is 6.04. The summed E-state index contributed by atoms with van der Waals surface area (Å²) in [5.74, 6) is 0.300. The van der Waals surface area contributed by atoms with Crippen molar-refractivity contribution in [2.24, 2.45) is 0 Å². The van der Waals surface area contributed by atoms with Crippen molar-refractivity contribution >= 4 is 17.5 Å². The van der Waals surface area contributed by atoms with Gasteiger partial charge in [0, 0.05) is 25.0 Å². The zero-order chi connectivity index (χ0) is 19.8. The van der Waals surface area contributed by atoms with Gasteiger partial charge in [0.1, 0.15) is 5.69 Å². The molecule has 3 rings (SSSR count). The molecule has 0 bridgehead atoms. The first kappa shape index (κ1) is 19.5. The third kappa shape index (κ3) is 5.37. The molecule has 6 heteroatoms. The number of amides is 1. The zero-order valence-corrected chi connectivity index (χ0v) is 16.2. The van der Waals surface area contributed by atoms with Gasteiger partial charge in [0.15, 0.2) is 0 Å². The minimum atomic E-state index is -0.159. The van der Waals surface area contributed by atoms with Crippen molar-refractivity contribution in [3.63, 3.8) is 0 Å². The van der Waals surface area contributed by atoms with E-state index in [0.29, 0.717) is 24.7 Å². The Morgan fingerprint density at radius 1 is 0.964 bits per heavy atom. The lowest BCUT2D eigenvalue weighted by molar-refractivity contribution is 0.0980. The maximum absolute atomic E-state index is 13.3. The van der Waals surface area contributed by atoms with Crippen molar-refractivity contribution < 1.29 is 4.79 Å². The number of carbonyl (C=O) groups excluding carboxylic acids is 1. The number of aromatic nitrogens is 2. The number of hydrogen-bond donors (Lipinski definition) is 1. The number of likely N-dealkylation sites (N-methyl/N-ethyl adjacent to an activating group) is 1. The molecule has 28 heavy (non-hydrogen) atoms. The topological polar surface area (TPSA) is 61.4 Å². The van der Waals surface area contributed by atoms with Crippen molar-refractivity contribution in [2.75, 3.05) is 37.4 Å². The summed E-state index contributed by atoms with van der Waals surface area (Å²) in [6.07, 6.45) is 1.61. The Hall–Kier alpha value is -3.25. The van der Waals surface area contributed by atoms with Gasteiger partial charge in [-0.1, -0.05) is 48.5 Å². The van der Waals surface area contributed by atoms with Gasteiger partial charge >= 0.3 is 0 Å². The van der Waals surface area contributed by atoms with Crippen LogP contribution >= 0.6 is 0 Å². The Balaban J connectivity index is 1.83. The Bertz CT molecular complexity index is 884. The van der Waals surface area contributed by atoms with Crippen LogP contribution in [0.25, 0.3) is 0 Å². The lowest BCUT2D eigenvalue weighted by Crippen LogP contribution is -2.31. The van der Waals surface area contributed by atoms with Gasteiger partial charge in [0.2, 0.25) is 5.95 Å². The van der Waals surface area contributed by atoms with E-state index in [1.165, 1.54) is 0 Å². The summed E-state index contributed by atoms with van der Waals surface area (Å²) in [5, 5.41) is 3.17. The molecular weight excluding hydrogens is 350 g/mol. The van der Waals surface area contributed by atoms with Gasteiger partial charge in [-0.05, 0) is 37.9 Å². The Labute approximate surface area is 165 Å². The molecule has 1 amide bonds. The maximum Gasteiger partial charge on any atom is 0.277 e. The van der Waals surface area contributed by atoms with Crippen LogP contribution in [0.1, 0.15) is 16.1 Å². The van der Waals surface area contributed by atoms with Crippen LogP contribution in [0.4, 0.5) is 11.6 Å². The van der Waals surface area contributed by atoms with Crippen LogP contribution in [0.2, 0.25) is 0 Å². The van der Waals surface area contributed by atoms with Gasteiger partial charge in [-0.2, -0.15) is 0 Å². The molecule has 0 unspecified atom stereocenters. The SMILES string of the molecule is CN(C)CCNc1nccc(C(=O)N(Cc2ccccc2)c2ccccc2)n1. The molecule has 0 radical (unpaired) electrons. The van der Waals surface area contributed by atoms with Gasteiger partial charge < -0.3 is 15.1 Å². The number of rotatable bonds is 8. The lowest BCUT2D eigenvalue weighted by Gasteiger charge is -2.23. The fourth-order valence-electron chi connectivity index (χ4n) is 2.75. The van der Waals surface area contributed by atoms with Crippen LogP contribution in [0, 0.1) is 0 Å². The van der Waals surface area contributed by atoms with Gasteiger partial charge in [-0.3, -0.25) is 4.79 Å². The molecule has 0 saturated carbocycles. The number of para-hydroxylation sites is 1. The number of anilines is 2. The third-order valence-corrected chi connectivity index (χ3v) is 4.21. The Kier molecular flexibility index (Phi) is 6.70. The van der Waals surface area contributed by atoms with Gasteiger partial charge in [0.25, 0.3) is 5.91 Å². The Morgan fingerprint density at radius 2 is 1.64 bits per heavy atom. The van der Waals surface area contributed by atoms with Crippen LogP contribution < -0.4 is 10.2 Å². The Morgan fingerprint density at radius 3 is 2.32 bits per heavy atom. The standard InChI is InChI=1S/C22H25N5O/c1-26(2)16-15-24-22-23-14-13-20(25-22)21(28)27(19-11-7-4-8-12-19)17-18-9-5-3-6-10-18/h3-14H,15-17H2,1-2H3,(H,23,24,25). The van der Waals surface area contributed by atoms with Crippen LogP contribution in [0.15, 0.2) is 72.9 Å². The fourth-order valence-corrected chi connectivity index (χ4v) is 2.75. The molecule has 0 spiro atoms. The summed E-state index contributed by atoms with van der Waals surface area (Å²) >= 11 is 0. The van der Waals surface area contributed by atoms with Crippen LogP contribution in [0.5, 0.6) is 0 Å². The molecule has 0 aliphatic heterocycles. The molecule has 1 N–H and O–H groups in total. The maximum atomic E-state index is 13.3. The normalized spacial score (nSPS) is 10.7. The number of carbonyl (C=O) groups is 1. The summed E-state index contributed by atoms with van der Waals surface area (Å²) in [5.41, 5.74) is 2.25. The predicted molar refractivity (Wildman–Crippen MR) is 112 cm³/mol. The highest BCUT2D eigenvalue weighted by atomic mass is 16.2. The number of benzene rings is 2. The first-order valence-corrected chi connectivity index (χ1v) is 9.26. The lowest BCUT2D eigenvalue weighted by atomic mass is 10.2. The van der Waals surface area contributed by atoms with Gasteiger partial charge in [-0.25, -0.2) is 9.97 Å². The molecule has 0 atom stereocenters. The average molecular weight is 375 g/mol. The molecule has 0 fully saturated rings. The highest BCUT2D eigenvalue weighted by Crippen LogP contribution is 2.19. The second kappa shape index (κ2) is 9.62. The van der Waals surface area contributed by atoms with Crippen molar-refractivity contribution in [2.45, 2.75) is 6.54 Å². The fraction of sp³-hybridized carbons (Fsp3) is 0.227. The van der Waals surface area contributed by atoms with Crippen molar-refractivity contribution in [3.05, 3.63) is 84.2 Å². The first-order valence-electron chi connectivity index (χ1n) is 9.26. The van der Waals surface area contributed by atoms with Crippen molar-refractivity contribution in [3.8, 4) is 0 Å². The average Bonchev–Trinajstić information content (AvgIpc) is 2.73. The highest BCUT2D eigenvalue weighted by Gasteiger charge is 2.20. The van der Waals surface area contributed by atoms with E-state index in [9.17, 15) is 4.79 Å². The van der Waals surface area contributed by atoms with E-state index in [1.54, 1.807) is 17.2 Å². The smallest absolute Gasteiger partial charge is 0.277 e. The van der Waals surface area contributed by atoms with E-state index in [0.717, 1.165) is 17.8 Å². The van der Waals surface area contributed by atoms with Gasteiger partial charge in [-0.15, -0.1) is 0 Å². The molecule has 0 aliphatic carbocycles. The molecule has 0 saturated heterocycles. The van der Waals surface area contributed by atoms with Crippen molar-refractivity contribution in [1.29, 1.82) is 0 Å². The molecule has 2 aromatic carbocycles. The number of nitrogens with one attached hydrogen (secondary N) is 1. The van der Waals surface area contributed by atoms with E-state index in [1.807, 2.05) is 74.8 Å². The van der Waals surface area contributed by atoms with Crippen LogP contribution in [0.3, 0.4) is 0 Å². The largest absolute Gasteiger partial charge is 0.353 e. The molecule has 1 heterocycles. The summed E-state index contributed by atoms with van der Waals surface area (Å²) < 4.78 is 0. The molecular formula is C22H25N5O. The molecule has 6 nitrogen and oxygen atoms in total. The van der Waals surface area contributed by atoms with E-state index < -0.39 is 0 Å². The predicted octanol–water partition coefficient (Wildman–Crippen LogP) is 3.30. The van der Waals surface area contributed by atoms with E-state index in [-0.39, 0.29) is 5.91 Å². The zero-order valence-electron chi connectivity index (χ0n) is 16.2. The van der Waals surface area contributed by atoms with Gasteiger partial charge in [0.05, 0.1) is 6.54 Å². The molecule has 3 aromatic rings. The quantitative estimate of drug-likeness (QED) is 0.655. The number of nitrogens with zero attached hydrogens (tertiary/aromatic N) is 4. The monoisotopic (exact) mass is 375 g/mol. The molecule has 144 valence electrons. The summed E-state index contributed by atoms with van der Waals surface area (Å²) in [6.45, 7) is 2.03. The molecule has 0 aliphatic rings. The van der Waals surface area contributed by atoms with E-state index in [2.05, 4.69) is 20.2 Å². The number of hydrogen-bond acceptors (Lipinski definition) is 5. The summed E-state index contributed by atoms with van der Waals surface area (Å²) in [4.78, 5) is 25.7. The minimum Gasteiger partial charge on any atom is -0.353 e. The van der Waals surface area contributed by atoms with E-state index >= 15 is 0 Å². The van der Waals surface area contributed by atoms with Crippen LogP contribution in [-0.4, -0.2) is 48.0 Å².